The van der Waals surface area contributed by atoms with Crippen molar-refractivity contribution in [2.75, 3.05) is 24.5 Å². The van der Waals surface area contributed by atoms with Gasteiger partial charge in [0.15, 0.2) is 0 Å². The molecule has 20 heavy (non-hydrogen) atoms. The Balaban J connectivity index is 1.82. The number of carbonyl (C=O) groups is 2. The minimum absolute atomic E-state index is 0.0506. The minimum atomic E-state index is -0.321. The molecule has 1 fully saturated rings. The van der Waals surface area contributed by atoms with Crippen LogP contribution in [0, 0.1) is 0 Å². The van der Waals surface area contributed by atoms with E-state index in [1.54, 1.807) is 0 Å². The van der Waals surface area contributed by atoms with Gasteiger partial charge >= 0.3 is 0 Å². The Morgan fingerprint density at radius 3 is 2.90 bits per heavy atom. The maximum Gasteiger partial charge on any atom is 0.245 e. The molecule has 3 rings (SSSR count). The van der Waals surface area contributed by atoms with E-state index in [1.807, 2.05) is 23.1 Å². The highest BCUT2D eigenvalue weighted by Gasteiger charge is 2.30. The number of nitrogens with zero attached hydrogens (tertiary/aromatic N) is 1. The summed E-state index contributed by atoms with van der Waals surface area (Å²) in [6.07, 6.45) is 3.14. The Morgan fingerprint density at radius 1 is 1.25 bits per heavy atom. The summed E-state index contributed by atoms with van der Waals surface area (Å²) in [7, 11) is 0. The summed E-state index contributed by atoms with van der Waals surface area (Å²) < 4.78 is 0. The fourth-order valence-corrected chi connectivity index (χ4v) is 2.85. The van der Waals surface area contributed by atoms with Gasteiger partial charge < -0.3 is 10.2 Å². The zero-order valence-corrected chi connectivity index (χ0v) is 11.4. The van der Waals surface area contributed by atoms with E-state index in [-0.39, 0.29) is 24.4 Å². The van der Waals surface area contributed by atoms with Crippen LogP contribution < -0.4 is 15.5 Å². The van der Waals surface area contributed by atoms with E-state index < -0.39 is 0 Å². The van der Waals surface area contributed by atoms with Crippen molar-refractivity contribution < 1.29 is 9.59 Å². The van der Waals surface area contributed by atoms with Crippen LogP contribution in [0.5, 0.6) is 0 Å². The average molecular weight is 273 g/mol. The molecule has 5 heteroatoms. The van der Waals surface area contributed by atoms with E-state index in [2.05, 4.69) is 16.7 Å². The van der Waals surface area contributed by atoms with Crippen LogP contribution in [0.1, 0.15) is 18.4 Å². The van der Waals surface area contributed by atoms with Crippen LogP contribution in [0.15, 0.2) is 24.3 Å². The van der Waals surface area contributed by atoms with Crippen LogP contribution in [0.4, 0.5) is 5.69 Å². The van der Waals surface area contributed by atoms with Gasteiger partial charge in [0, 0.05) is 18.8 Å². The van der Waals surface area contributed by atoms with Crippen molar-refractivity contribution in [2.45, 2.75) is 25.3 Å². The lowest BCUT2D eigenvalue weighted by atomic mass is 10.1. The Labute approximate surface area is 118 Å². The molecule has 2 heterocycles. The number of amides is 2. The molecule has 0 aromatic heterocycles. The van der Waals surface area contributed by atoms with E-state index in [4.69, 9.17) is 0 Å². The van der Waals surface area contributed by atoms with Crippen molar-refractivity contribution in [3.8, 4) is 0 Å². The van der Waals surface area contributed by atoms with Crippen molar-refractivity contribution in [1.82, 2.24) is 10.6 Å². The van der Waals surface area contributed by atoms with Crippen molar-refractivity contribution in [3.05, 3.63) is 29.8 Å². The van der Waals surface area contributed by atoms with E-state index in [0.29, 0.717) is 6.54 Å². The van der Waals surface area contributed by atoms with Crippen LogP contribution in [0.2, 0.25) is 0 Å². The van der Waals surface area contributed by atoms with Gasteiger partial charge in [-0.15, -0.1) is 0 Å². The molecule has 0 aliphatic carbocycles. The second-order valence-electron chi connectivity index (χ2n) is 5.31. The molecule has 1 unspecified atom stereocenters. The zero-order chi connectivity index (χ0) is 13.9. The van der Waals surface area contributed by atoms with E-state index in [0.717, 1.165) is 31.5 Å². The molecule has 0 spiro atoms. The molecular formula is C15H19N3O2. The van der Waals surface area contributed by atoms with Crippen molar-refractivity contribution in [3.63, 3.8) is 0 Å². The van der Waals surface area contributed by atoms with Crippen LogP contribution in [0.25, 0.3) is 0 Å². The number of hydrogen-bond acceptors (Lipinski definition) is 3. The molecule has 1 aromatic carbocycles. The summed E-state index contributed by atoms with van der Waals surface area (Å²) in [6.45, 7) is 1.34. The molecule has 0 saturated carbocycles. The highest BCUT2D eigenvalue weighted by molar-refractivity contribution is 5.99. The third kappa shape index (κ3) is 2.54. The van der Waals surface area contributed by atoms with Crippen molar-refractivity contribution in [1.29, 1.82) is 0 Å². The number of piperazine rings is 1. The summed E-state index contributed by atoms with van der Waals surface area (Å²) in [6, 6.07) is 7.78. The minimum Gasteiger partial charge on any atom is -0.353 e. The number of anilines is 1. The number of benzene rings is 1. The molecule has 1 aromatic rings. The SMILES string of the molecule is O=C1CNC(C(=O)N2CCCCc3ccccc32)CN1. The smallest absolute Gasteiger partial charge is 0.245 e. The lowest BCUT2D eigenvalue weighted by Crippen LogP contribution is -2.59. The Hall–Kier alpha value is -1.88. The first-order valence-corrected chi connectivity index (χ1v) is 7.15. The summed E-state index contributed by atoms with van der Waals surface area (Å²) >= 11 is 0. The number of nitrogens with one attached hydrogen (secondary N) is 2. The summed E-state index contributed by atoms with van der Waals surface area (Å²) in [5.74, 6) is 0.00432. The molecule has 2 amide bonds. The number of hydrogen-bond donors (Lipinski definition) is 2. The zero-order valence-electron chi connectivity index (χ0n) is 11.4. The van der Waals surface area contributed by atoms with E-state index in [1.165, 1.54) is 5.56 Å². The quantitative estimate of drug-likeness (QED) is 0.780. The molecule has 1 saturated heterocycles. The van der Waals surface area contributed by atoms with Gasteiger partial charge in [-0.1, -0.05) is 18.2 Å². The molecule has 1 atom stereocenters. The predicted octanol–water partition coefficient (Wildman–Crippen LogP) is 0.444. The summed E-state index contributed by atoms with van der Waals surface area (Å²) in [5, 5.41) is 5.76. The molecule has 2 aliphatic heterocycles. The van der Waals surface area contributed by atoms with Crippen LogP contribution in [-0.2, 0) is 16.0 Å². The summed E-state index contributed by atoms with van der Waals surface area (Å²) in [5.41, 5.74) is 2.26. The fraction of sp³-hybridized carbons (Fsp3) is 0.467. The monoisotopic (exact) mass is 273 g/mol. The highest BCUT2D eigenvalue weighted by Crippen LogP contribution is 2.26. The van der Waals surface area contributed by atoms with Gasteiger partial charge in [0.25, 0.3) is 0 Å². The number of carbonyl (C=O) groups excluding carboxylic acids is 2. The molecule has 2 aliphatic rings. The first-order chi connectivity index (χ1) is 9.75. The Kier molecular flexibility index (Phi) is 3.69. The van der Waals surface area contributed by atoms with Crippen LogP contribution >= 0.6 is 0 Å². The number of aryl methyl sites for hydroxylation is 1. The molecule has 0 bridgehead atoms. The molecular weight excluding hydrogens is 254 g/mol. The van der Waals surface area contributed by atoms with Crippen molar-refractivity contribution >= 4 is 17.5 Å². The largest absolute Gasteiger partial charge is 0.353 e. The molecule has 2 N–H and O–H groups in total. The third-order valence-electron chi connectivity index (χ3n) is 3.94. The first kappa shape index (κ1) is 13.1. The lowest BCUT2D eigenvalue weighted by Gasteiger charge is -2.30. The number of para-hydroxylation sites is 1. The number of rotatable bonds is 1. The topological polar surface area (TPSA) is 61.4 Å². The maximum absolute atomic E-state index is 12.7. The summed E-state index contributed by atoms with van der Waals surface area (Å²) in [4.78, 5) is 25.7. The normalized spacial score (nSPS) is 22.7. The Bertz CT molecular complexity index is 520. The van der Waals surface area contributed by atoms with Gasteiger partial charge in [-0.05, 0) is 30.9 Å². The van der Waals surface area contributed by atoms with E-state index in [9.17, 15) is 9.59 Å². The van der Waals surface area contributed by atoms with Crippen LogP contribution in [-0.4, -0.2) is 37.5 Å². The second-order valence-corrected chi connectivity index (χ2v) is 5.31. The lowest BCUT2D eigenvalue weighted by molar-refractivity contribution is -0.125. The molecule has 0 radical (unpaired) electrons. The Morgan fingerprint density at radius 2 is 2.10 bits per heavy atom. The van der Waals surface area contributed by atoms with Gasteiger partial charge in [0.2, 0.25) is 11.8 Å². The van der Waals surface area contributed by atoms with E-state index >= 15 is 0 Å². The van der Waals surface area contributed by atoms with Crippen LogP contribution in [0.3, 0.4) is 0 Å². The number of fused-ring (bicyclic) bond motifs is 1. The molecule has 106 valence electrons. The highest BCUT2D eigenvalue weighted by atomic mass is 16.2. The van der Waals surface area contributed by atoms with Crippen molar-refractivity contribution in [2.24, 2.45) is 0 Å². The maximum atomic E-state index is 12.7. The fourth-order valence-electron chi connectivity index (χ4n) is 2.85. The van der Waals surface area contributed by atoms with Gasteiger partial charge in [-0.25, -0.2) is 0 Å². The van der Waals surface area contributed by atoms with Gasteiger partial charge in [0.1, 0.15) is 6.04 Å². The average Bonchev–Trinajstić information content (AvgIpc) is 2.69. The van der Waals surface area contributed by atoms with Gasteiger partial charge in [0.05, 0.1) is 6.54 Å². The third-order valence-corrected chi connectivity index (χ3v) is 3.94. The second kappa shape index (κ2) is 5.63. The van der Waals surface area contributed by atoms with Gasteiger partial charge in [-0.3, -0.25) is 14.9 Å². The predicted molar refractivity (Wildman–Crippen MR) is 76.5 cm³/mol. The standard InChI is InChI=1S/C15H19N3O2/c19-14-10-16-12(9-17-14)15(20)18-8-4-3-6-11-5-1-2-7-13(11)18/h1-2,5,7,12,16H,3-4,6,8-10H2,(H,17,19). The first-order valence-electron chi connectivity index (χ1n) is 7.15. The van der Waals surface area contributed by atoms with Gasteiger partial charge in [-0.2, -0.15) is 0 Å². The molecule has 5 nitrogen and oxygen atoms in total.